The largest absolute Gasteiger partial charge is 0.493 e. The number of ether oxygens (including phenoxy) is 1. The van der Waals surface area contributed by atoms with Crippen molar-refractivity contribution in [3.63, 3.8) is 0 Å². The quantitative estimate of drug-likeness (QED) is 0.582. The maximum absolute atomic E-state index is 10.9. The predicted molar refractivity (Wildman–Crippen MR) is 117 cm³/mol. The summed E-state index contributed by atoms with van der Waals surface area (Å²) in [5.41, 5.74) is 4.26. The van der Waals surface area contributed by atoms with Crippen molar-refractivity contribution < 1.29 is 14.6 Å². The highest BCUT2D eigenvalue weighted by molar-refractivity contribution is 5.66. The third-order valence-corrected chi connectivity index (χ3v) is 5.50. The molecule has 0 aliphatic heterocycles. The molecule has 0 amide bonds. The lowest BCUT2D eigenvalue weighted by Gasteiger charge is -2.22. The summed E-state index contributed by atoms with van der Waals surface area (Å²) < 4.78 is 8.18. The van der Waals surface area contributed by atoms with Gasteiger partial charge in [-0.2, -0.15) is 5.10 Å². The molecule has 0 saturated heterocycles. The van der Waals surface area contributed by atoms with Crippen molar-refractivity contribution in [1.29, 1.82) is 0 Å². The molecule has 0 atom stereocenters. The third kappa shape index (κ3) is 6.62. The standard InChI is InChI=1S/C24H36N2O3/c1-7-18(8-2)16-29-22-11-9-20(24(4,5)6)14-19(22)15-26-17(3)13-21(25-26)10-12-23(27)28/h9,11,13-14,18H,7-8,10,12,15-16H2,1-6H3,(H,27,28). The molecule has 160 valence electrons. The first-order valence-corrected chi connectivity index (χ1v) is 10.6. The van der Waals surface area contributed by atoms with Crippen LogP contribution in [0.15, 0.2) is 24.3 Å². The molecule has 5 nitrogen and oxygen atoms in total. The second-order valence-electron chi connectivity index (χ2n) is 8.89. The molecule has 0 saturated carbocycles. The Hall–Kier alpha value is -2.30. The smallest absolute Gasteiger partial charge is 0.303 e. The second-order valence-corrected chi connectivity index (χ2v) is 8.89. The zero-order valence-corrected chi connectivity index (χ0v) is 18.8. The first-order chi connectivity index (χ1) is 13.6. The summed E-state index contributed by atoms with van der Waals surface area (Å²) in [5.74, 6) is 0.665. The van der Waals surface area contributed by atoms with Crippen LogP contribution in [0, 0.1) is 12.8 Å². The van der Waals surface area contributed by atoms with Gasteiger partial charge in [0.1, 0.15) is 5.75 Å². The molecule has 0 aliphatic carbocycles. The van der Waals surface area contributed by atoms with Gasteiger partial charge in [0, 0.05) is 17.7 Å². The van der Waals surface area contributed by atoms with Gasteiger partial charge in [-0.05, 0) is 42.0 Å². The number of aliphatic carboxylic acids is 1. The minimum Gasteiger partial charge on any atom is -0.493 e. The zero-order valence-electron chi connectivity index (χ0n) is 18.8. The van der Waals surface area contributed by atoms with Crippen LogP contribution >= 0.6 is 0 Å². The summed E-state index contributed by atoms with van der Waals surface area (Å²) >= 11 is 0. The monoisotopic (exact) mass is 400 g/mol. The number of carbonyl (C=O) groups is 1. The molecule has 29 heavy (non-hydrogen) atoms. The number of benzene rings is 1. The van der Waals surface area contributed by atoms with Crippen LogP contribution in [-0.4, -0.2) is 27.5 Å². The molecular weight excluding hydrogens is 364 g/mol. The Labute approximate surface area is 175 Å². The Morgan fingerprint density at radius 1 is 1.21 bits per heavy atom. The van der Waals surface area contributed by atoms with Crippen molar-refractivity contribution >= 4 is 5.97 Å². The third-order valence-electron chi connectivity index (χ3n) is 5.50. The average Bonchev–Trinajstić information content (AvgIpc) is 3.00. The van der Waals surface area contributed by atoms with E-state index < -0.39 is 5.97 Å². The maximum atomic E-state index is 10.9. The van der Waals surface area contributed by atoms with E-state index in [-0.39, 0.29) is 11.8 Å². The van der Waals surface area contributed by atoms with E-state index in [9.17, 15) is 4.79 Å². The Bertz CT molecular complexity index is 814. The van der Waals surface area contributed by atoms with Gasteiger partial charge in [0.2, 0.25) is 0 Å². The predicted octanol–water partition coefficient (Wildman–Crippen LogP) is 5.37. The van der Waals surface area contributed by atoms with E-state index >= 15 is 0 Å². The van der Waals surface area contributed by atoms with Gasteiger partial charge < -0.3 is 9.84 Å². The highest BCUT2D eigenvalue weighted by Crippen LogP contribution is 2.29. The number of rotatable bonds is 10. The molecule has 1 heterocycles. The van der Waals surface area contributed by atoms with Crippen LogP contribution in [0.2, 0.25) is 0 Å². The van der Waals surface area contributed by atoms with E-state index in [1.807, 2.05) is 17.7 Å². The maximum Gasteiger partial charge on any atom is 0.303 e. The Morgan fingerprint density at radius 3 is 2.48 bits per heavy atom. The number of carboxylic acid groups (broad SMARTS) is 1. The van der Waals surface area contributed by atoms with Crippen LogP contribution in [-0.2, 0) is 23.2 Å². The van der Waals surface area contributed by atoms with Gasteiger partial charge in [-0.15, -0.1) is 0 Å². The number of aromatic nitrogens is 2. The highest BCUT2D eigenvalue weighted by atomic mass is 16.5. The lowest BCUT2D eigenvalue weighted by atomic mass is 9.86. The van der Waals surface area contributed by atoms with Crippen molar-refractivity contribution in [3.05, 3.63) is 46.8 Å². The van der Waals surface area contributed by atoms with E-state index in [1.54, 1.807) is 0 Å². The van der Waals surface area contributed by atoms with Crippen LogP contribution in [0.1, 0.15) is 76.4 Å². The van der Waals surface area contributed by atoms with Crippen molar-refractivity contribution in [2.75, 3.05) is 6.61 Å². The van der Waals surface area contributed by atoms with Crippen LogP contribution in [0.25, 0.3) is 0 Å². The Balaban J connectivity index is 2.29. The van der Waals surface area contributed by atoms with E-state index in [0.717, 1.165) is 42.1 Å². The van der Waals surface area contributed by atoms with Gasteiger partial charge in [0.05, 0.1) is 25.3 Å². The number of hydrogen-bond acceptors (Lipinski definition) is 3. The summed E-state index contributed by atoms with van der Waals surface area (Å²) in [7, 11) is 0. The number of hydrogen-bond donors (Lipinski definition) is 1. The lowest BCUT2D eigenvalue weighted by Crippen LogP contribution is -2.15. The van der Waals surface area contributed by atoms with Gasteiger partial charge in [-0.3, -0.25) is 9.48 Å². The molecule has 0 fully saturated rings. The van der Waals surface area contributed by atoms with Crippen molar-refractivity contribution in [1.82, 2.24) is 9.78 Å². The molecular formula is C24H36N2O3. The number of nitrogens with zero attached hydrogens (tertiary/aromatic N) is 2. The fourth-order valence-electron chi connectivity index (χ4n) is 3.30. The van der Waals surface area contributed by atoms with Crippen molar-refractivity contribution in [2.24, 2.45) is 5.92 Å². The molecule has 0 unspecified atom stereocenters. The summed E-state index contributed by atoms with van der Waals surface area (Å²) in [4.78, 5) is 10.9. The van der Waals surface area contributed by atoms with Crippen LogP contribution in [0.3, 0.4) is 0 Å². The van der Waals surface area contributed by atoms with Crippen LogP contribution in [0.4, 0.5) is 0 Å². The minimum absolute atomic E-state index is 0.0501. The topological polar surface area (TPSA) is 64.4 Å². The molecule has 2 aromatic rings. The van der Waals surface area contributed by atoms with Gasteiger partial charge in [-0.25, -0.2) is 0 Å². The molecule has 5 heteroatoms. The Morgan fingerprint density at radius 2 is 1.90 bits per heavy atom. The summed E-state index contributed by atoms with van der Waals surface area (Å²) in [6.07, 6.45) is 2.76. The molecule has 1 N–H and O–H groups in total. The lowest BCUT2D eigenvalue weighted by molar-refractivity contribution is -0.136. The molecule has 2 rings (SSSR count). The number of aryl methyl sites for hydroxylation is 2. The van der Waals surface area contributed by atoms with Gasteiger partial charge in [0.15, 0.2) is 0 Å². The molecule has 1 aromatic carbocycles. The average molecular weight is 401 g/mol. The highest BCUT2D eigenvalue weighted by Gasteiger charge is 2.18. The zero-order chi connectivity index (χ0) is 21.6. The molecule has 1 aromatic heterocycles. The van der Waals surface area contributed by atoms with E-state index in [4.69, 9.17) is 9.84 Å². The van der Waals surface area contributed by atoms with Crippen LogP contribution in [0.5, 0.6) is 5.75 Å². The van der Waals surface area contributed by atoms with Gasteiger partial charge in [0.25, 0.3) is 0 Å². The minimum atomic E-state index is -0.799. The van der Waals surface area contributed by atoms with E-state index in [2.05, 4.69) is 57.9 Å². The van der Waals surface area contributed by atoms with Crippen molar-refractivity contribution in [3.8, 4) is 5.75 Å². The molecule has 0 spiro atoms. The SMILES string of the molecule is CCC(CC)COc1ccc(C(C)(C)C)cc1Cn1nc(CCC(=O)O)cc1C. The first kappa shape index (κ1) is 23.0. The summed E-state index contributed by atoms with van der Waals surface area (Å²) in [6, 6.07) is 8.43. The van der Waals surface area contributed by atoms with E-state index in [1.165, 1.54) is 5.56 Å². The Kier molecular flexibility index (Phi) is 7.88. The van der Waals surface area contributed by atoms with Gasteiger partial charge in [-0.1, -0.05) is 53.5 Å². The second kappa shape index (κ2) is 9.95. The molecule has 0 aliphatic rings. The fourth-order valence-corrected chi connectivity index (χ4v) is 3.30. The van der Waals surface area contributed by atoms with Gasteiger partial charge >= 0.3 is 5.97 Å². The van der Waals surface area contributed by atoms with Crippen LogP contribution < -0.4 is 4.74 Å². The fraction of sp³-hybridized carbons (Fsp3) is 0.583. The normalized spacial score (nSPS) is 11.8. The number of carboxylic acids is 1. The summed E-state index contributed by atoms with van der Waals surface area (Å²) in [6.45, 7) is 14.4. The molecule has 0 bridgehead atoms. The van der Waals surface area contributed by atoms with Crippen molar-refractivity contribution in [2.45, 2.75) is 79.2 Å². The van der Waals surface area contributed by atoms with E-state index in [0.29, 0.717) is 18.9 Å². The molecule has 0 radical (unpaired) electrons. The first-order valence-electron chi connectivity index (χ1n) is 10.6. The summed E-state index contributed by atoms with van der Waals surface area (Å²) in [5, 5.41) is 13.6.